The number of carboxylic acid groups (broad SMARTS) is 1. The van der Waals surface area contributed by atoms with E-state index in [0.717, 1.165) is 77.9 Å². The number of carbonyl (C=O) groups excluding carboxylic acids is 7. The van der Waals surface area contributed by atoms with Crippen molar-refractivity contribution in [3.8, 4) is 89.4 Å². The average molecular weight is 1630 g/mol. The van der Waals surface area contributed by atoms with E-state index in [9.17, 15) is 48.9 Å². The number of hydrogen-bond acceptors (Lipinski definition) is 17. The van der Waals surface area contributed by atoms with Gasteiger partial charge in [-0.05, 0) is 233 Å². The number of benzene rings is 11. The standard InChI is InChI=1S/C30H28N2O3.C29H26N2O4.C25H18N2O4.C17H19NO2.Na/c1-20-17-22(24-11-8-16-31-19-24)12-14-25(20)28(33)32-27-18-23(21-9-6-5-7-10-21)13-15-26(27)29(34)35-30(2,3)4;1-29(2,3)35-28(34)23-13-11-20(19-8-5-4-6-9-19)16-25(23)31-27(33)24-14-12-21(17-26(24)32)22-10-7-15-30-18-22;28-23-14-18(19-7-4-12-26-15-19)9-11-21(23)24(29)27-22-13-17(8-10-20(22)25(30)31)16-5-2-1-3-6-16;1-17(2,3)20-16(19)14-10-9-13(11-15(14)18)12-7-5-4-6-8-12;/h5-19H,1-4H3,(H,32,33);4-18,32H,1-3H3,(H,31,33);1-15,28H,(H,27,29)(H,30,31);4-11H,18H2,1-3H3;/q;;;;+1/p-1. The van der Waals surface area contributed by atoms with Gasteiger partial charge in [0.25, 0.3) is 17.7 Å². The number of ether oxygens (including phenoxy) is 3. The van der Waals surface area contributed by atoms with E-state index < -0.39 is 52.5 Å². The second-order valence-corrected chi connectivity index (χ2v) is 30.9. The van der Waals surface area contributed by atoms with Crippen molar-refractivity contribution in [2.45, 2.75) is 86.0 Å². The minimum absolute atomic E-state index is 0. The number of nitrogens with one attached hydrogen (secondary N) is 3. The fraction of sp³-hybridized carbons (Fsp3) is 0.129. The first-order valence-corrected chi connectivity index (χ1v) is 38.7. The Morgan fingerprint density at radius 1 is 0.303 bits per heavy atom. The summed E-state index contributed by atoms with van der Waals surface area (Å²) < 4.78 is 16.5. The van der Waals surface area contributed by atoms with Gasteiger partial charge in [-0.1, -0.05) is 194 Å². The molecular formula is C101H90N7NaO13. The molecule has 0 unspecified atom stereocenters. The van der Waals surface area contributed by atoms with Gasteiger partial charge in [0.05, 0.1) is 50.8 Å². The molecule has 3 heterocycles. The number of carboxylic acids is 1. The maximum atomic E-state index is 13.3. The number of pyridine rings is 3. The van der Waals surface area contributed by atoms with E-state index in [1.807, 2.05) is 230 Å². The van der Waals surface area contributed by atoms with Crippen LogP contribution in [0, 0.1) is 6.92 Å². The zero-order valence-electron chi connectivity index (χ0n) is 69.4. The summed E-state index contributed by atoms with van der Waals surface area (Å²) in [5, 5.41) is 40.9. The molecule has 20 nitrogen and oxygen atoms in total. The van der Waals surface area contributed by atoms with Crippen LogP contribution in [-0.2, 0) is 14.2 Å². The Morgan fingerprint density at radius 2 is 0.557 bits per heavy atom. The quantitative estimate of drug-likeness (QED) is 0.0214. The zero-order chi connectivity index (χ0) is 86.5. The average Bonchev–Trinajstić information content (AvgIpc) is 0.816. The number of aromatic nitrogens is 3. The number of phenols is 2. The zero-order valence-corrected chi connectivity index (χ0v) is 71.4. The minimum Gasteiger partial charge on any atom is -0.545 e. The van der Waals surface area contributed by atoms with Crippen LogP contribution in [0.15, 0.2) is 322 Å². The van der Waals surface area contributed by atoms with Crippen molar-refractivity contribution in [2.75, 3.05) is 21.7 Å². The van der Waals surface area contributed by atoms with Gasteiger partial charge in [0.1, 0.15) is 28.3 Å². The number of aromatic hydroxyl groups is 2. The Labute approximate surface area is 730 Å². The number of rotatable bonds is 17. The largest absolute Gasteiger partial charge is 1.00 e. The Balaban J connectivity index is 0.000000173. The number of anilines is 4. The van der Waals surface area contributed by atoms with E-state index in [1.165, 1.54) is 24.3 Å². The number of carbonyl (C=O) groups is 7. The molecule has 0 spiro atoms. The summed E-state index contributed by atoms with van der Waals surface area (Å²) in [5.74, 6) is -4.73. The number of nitrogens with zero attached hydrogens (tertiary/aromatic N) is 3. The molecule has 608 valence electrons. The first kappa shape index (κ1) is 89.9. The summed E-state index contributed by atoms with van der Waals surface area (Å²) >= 11 is 0. The molecule has 0 saturated carbocycles. The molecule has 21 heteroatoms. The van der Waals surface area contributed by atoms with Gasteiger partial charge >= 0.3 is 47.5 Å². The van der Waals surface area contributed by atoms with Gasteiger partial charge < -0.3 is 56.0 Å². The molecule has 11 aromatic carbocycles. The summed E-state index contributed by atoms with van der Waals surface area (Å²) in [4.78, 5) is 101. The Bertz CT molecular complexity index is 5830. The predicted molar refractivity (Wildman–Crippen MR) is 473 cm³/mol. The molecule has 0 radical (unpaired) electrons. The van der Waals surface area contributed by atoms with Crippen LogP contribution >= 0.6 is 0 Å². The van der Waals surface area contributed by atoms with E-state index >= 15 is 0 Å². The maximum absolute atomic E-state index is 13.3. The number of phenolic OH excluding ortho intramolecular Hbond substituents is 2. The number of amides is 3. The summed E-state index contributed by atoms with van der Waals surface area (Å²) in [6.45, 7) is 18.2. The van der Waals surface area contributed by atoms with Crippen LogP contribution < -0.4 is 56.3 Å². The molecule has 7 N–H and O–H groups in total. The summed E-state index contributed by atoms with van der Waals surface area (Å²) in [6.07, 6.45) is 10.1. The van der Waals surface area contributed by atoms with Gasteiger partial charge in [0, 0.05) is 65.1 Å². The third-order valence-electron chi connectivity index (χ3n) is 18.3. The predicted octanol–water partition coefficient (Wildman–Crippen LogP) is 17.9. The SMILES string of the molecule is CC(C)(C)OC(=O)c1ccc(-c2ccccc2)cc1N.CC(C)(C)OC(=O)c1ccc(-c2ccccc2)cc1NC(=O)c1ccc(-c2cccnc2)cc1O.Cc1cc(-c2cccnc2)ccc1C(=O)Nc1cc(-c2ccccc2)ccc1C(=O)OC(C)(C)C.O=C(Nc1cc(-c2ccccc2)ccc1C(=O)[O-])c1ccc(-c2cccnc2)cc1O.[Na+]. The van der Waals surface area contributed by atoms with Crippen LogP contribution in [-0.4, -0.2) is 83.6 Å². The molecule has 0 aliphatic heterocycles. The van der Waals surface area contributed by atoms with Gasteiger partial charge in [-0.2, -0.15) is 0 Å². The van der Waals surface area contributed by atoms with Crippen molar-refractivity contribution in [3.63, 3.8) is 0 Å². The normalized spacial score (nSPS) is 10.8. The van der Waals surface area contributed by atoms with Crippen molar-refractivity contribution in [1.29, 1.82) is 0 Å². The van der Waals surface area contributed by atoms with Crippen LogP contribution in [0.1, 0.15) is 140 Å². The van der Waals surface area contributed by atoms with Crippen molar-refractivity contribution >= 4 is 64.3 Å². The van der Waals surface area contributed by atoms with Crippen LogP contribution in [0.25, 0.3) is 77.9 Å². The van der Waals surface area contributed by atoms with Crippen molar-refractivity contribution < 1.29 is 92.6 Å². The maximum Gasteiger partial charge on any atom is 1.00 e. The number of nitrogen functional groups attached to an aromatic ring is 1. The second kappa shape index (κ2) is 40.8. The fourth-order valence-corrected chi connectivity index (χ4v) is 12.5. The number of nitrogens with two attached hydrogens (primary N) is 1. The number of hydrogen-bond donors (Lipinski definition) is 6. The third kappa shape index (κ3) is 24.8. The Morgan fingerprint density at radius 3 is 0.844 bits per heavy atom. The topological polar surface area (TPSA) is 311 Å². The first-order valence-electron chi connectivity index (χ1n) is 38.7. The molecule has 0 saturated heterocycles. The summed E-state index contributed by atoms with van der Waals surface area (Å²) in [7, 11) is 0. The Hall–Kier alpha value is -14.4. The molecule has 14 aromatic rings. The van der Waals surface area contributed by atoms with E-state index in [2.05, 4.69) is 30.9 Å². The van der Waals surface area contributed by atoms with Gasteiger partial charge in [-0.25, -0.2) is 14.4 Å². The van der Waals surface area contributed by atoms with Gasteiger partial charge in [-0.15, -0.1) is 0 Å². The van der Waals surface area contributed by atoms with Crippen LogP contribution in [0.2, 0.25) is 0 Å². The van der Waals surface area contributed by atoms with Gasteiger partial charge in [0.2, 0.25) is 0 Å². The number of esters is 3. The molecule has 3 aromatic heterocycles. The summed E-state index contributed by atoms with van der Waals surface area (Å²) in [5.41, 5.74) is 19.8. The molecule has 0 atom stereocenters. The fourth-order valence-electron chi connectivity index (χ4n) is 12.5. The van der Waals surface area contributed by atoms with E-state index in [4.69, 9.17) is 19.9 Å². The third-order valence-corrected chi connectivity index (χ3v) is 18.3. The van der Waals surface area contributed by atoms with Crippen LogP contribution in [0.4, 0.5) is 22.7 Å². The molecule has 122 heavy (non-hydrogen) atoms. The number of aryl methyl sites for hydroxylation is 1. The smallest absolute Gasteiger partial charge is 0.545 e. The van der Waals surface area contributed by atoms with Crippen LogP contribution in [0.5, 0.6) is 11.5 Å². The summed E-state index contributed by atoms with van der Waals surface area (Å²) in [6, 6.07) is 85.4. The van der Waals surface area contributed by atoms with Crippen molar-refractivity contribution in [1.82, 2.24) is 15.0 Å². The van der Waals surface area contributed by atoms with Crippen molar-refractivity contribution in [3.05, 3.63) is 367 Å². The molecule has 0 aliphatic carbocycles. The van der Waals surface area contributed by atoms with E-state index in [-0.39, 0.29) is 74.9 Å². The molecule has 3 amide bonds. The number of aromatic carboxylic acids is 1. The molecule has 0 fully saturated rings. The van der Waals surface area contributed by atoms with Crippen molar-refractivity contribution in [2.24, 2.45) is 0 Å². The second-order valence-electron chi connectivity index (χ2n) is 30.9. The van der Waals surface area contributed by atoms with E-state index in [1.54, 1.807) is 137 Å². The monoisotopic (exact) mass is 1630 g/mol. The minimum atomic E-state index is -1.41. The Kier molecular flexibility index (Phi) is 30.1. The molecule has 14 rings (SSSR count). The van der Waals surface area contributed by atoms with Gasteiger partial charge in [-0.3, -0.25) is 29.3 Å². The van der Waals surface area contributed by atoms with E-state index in [0.29, 0.717) is 39.3 Å². The van der Waals surface area contributed by atoms with Gasteiger partial charge in [0.15, 0.2) is 0 Å². The van der Waals surface area contributed by atoms with Crippen LogP contribution in [0.3, 0.4) is 0 Å². The molecule has 0 aliphatic rings. The molecular weight excluding hydrogens is 1540 g/mol. The first-order chi connectivity index (χ1) is 57.8. The molecule has 0 bridgehead atoms.